The number of rotatable bonds is 7. The minimum atomic E-state index is -4.06. The number of aryl methyl sites for hydroxylation is 1. The average molecular weight is 457 g/mol. The van der Waals surface area contributed by atoms with Crippen LogP contribution in [0.1, 0.15) is 27.2 Å². The lowest BCUT2D eigenvalue weighted by molar-refractivity contribution is 0.0781. The van der Waals surface area contributed by atoms with Gasteiger partial charge >= 0.3 is 0 Å². The number of hydrazine groups is 1. The van der Waals surface area contributed by atoms with Gasteiger partial charge in [0.2, 0.25) is 20.7 Å². The van der Waals surface area contributed by atoms with E-state index in [-0.39, 0.29) is 18.1 Å². The van der Waals surface area contributed by atoms with Crippen molar-refractivity contribution < 1.29 is 17.9 Å². The van der Waals surface area contributed by atoms with Crippen LogP contribution in [0.15, 0.2) is 64.5 Å². The van der Waals surface area contributed by atoms with Gasteiger partial charge in [-0.2, -0.15) is 0 Å². The van der Waals surface area contributed by atoms with Crippen molar-refractivity contribution in [2.24, 2.45) is 12.9 Å². The lowest BCUT2D eigenvalue weighted by Gasteiger charge is -2.17. The molecule has 0 radical (unpaired) electrons. The zero-order valence-electron chi connectivity index (χ0n) is 18.0. The summed E-state index contributed by atoms with van der Waals surface area (Å²) in [6.45, 7) is 1.88. The molecule has 1 heterocycles. The van der Waals surface area contributed by atoms with E-state index in [4.69, 9.17) is 10.6 Å². The molecule has 0 fully saturated rings. The lowest BCUT2D eigenvalue weighted by Crippen LogP contribution is -2.37. The van der Waals surface area contributed by atoms with Crippen LogP contribution < -0.4 is 16.1 Å². The first-order valence-corrected chi connectivity index (χ1v) is 11.3. The molecule has 3 rings (SSSR count). The van der Waals surface area contributed by atoms with E-state index >= 15 is 0 Å². The number of carbonyl (C=O) groups is 1. The van der Waals surface area contributed by atoms with Gasteiger partial charge in [0.05, 0.1) is 5.75 Å². The third-order valence-corrected chi connectivity index (χ3v) is 6.35. The number of hydrogen-bond acceptors (Lipinski definition) is 7. The maximum Gasteiger partial charge on any atom is 0.297 e. The van der Waals surface area contributed by atoms with E-state index in [1.807, 2.05) is 13.0 Å². The van der Waals surface area contributed by atoms with E-state index in [9.17, 15) is 18.0 Å². The van der Waals surface area contributed by atoms with E-state index < -0.39 is 32.2 Å². The van der Waals surface area contributed by atoms with Crippen molar-refractivity contribution in [3.8, 4) is 5.75 Å². The Morgan fingerprint density at radius 2 is 1.72 bits per heavy atom. The van der Waals surface area contributed by atoms with E-state index in [0.717, 1.165) is 15.7 Å². The Labute approximate surface area is 186 Å². The first-order chi connectivity index (χ1) is 15.1. The van der Waals surface area contributed by atoms with Crippen molar-refractivity contribution >= 4 is 15.7 Å². The first kappa shape index (κ1) is 23.2. The molecule has 9 nitrogen and oxygen atoms in total. The van der Waals surface area contributed by atoms with Gasteiger partial charge in [-0.15, -0.1) is 0 Å². The lowest BCUT2D eigenvalue weighted by atomic mass is 10.2. The molecule has 1 aromatic heterocycles. The summed E-state index contributed by atoms with van der Waals surface area (Å²) in [5.41, 5.74) is 0.999. The van der Waals surface area contributed by atoms with Crippen LogP contribution in [-0.4, -0.2) is 35.9 Å². The summed E-state index contributed by atoms with van der Waals surface area (Å²) in [5.74, 6) is 3.96. The number of ether oxygens (including phenoxy) is 1. The number of carbonyl (C=O) groups excluding carboxylic acids is 1. The molecule has 0 aliphatic carbocycles. The molecule has 0 bridgehead atoms. The summed E-state index contributed by atoms with van der Waals surface area (Å²) in [6.07, 6.45) is 0. The topological polar surface area (TPSA) is 125 Å². The number of amides is 1. The second-order valence-electron chi connectivity index (χ2n) is 7.37. The van der Waals surface area contributed by atoms with Crippen molar-refractivity contribution in [2.75, 3.05) is 7.05 Å². The van der Waals surface area contributed by atoms with Gasteiger partial charge in [0.15, 0.2) is 5.69 Å². The Hall–Kier alpha value is -3.50. The fourth-order valence-electron chi connectivity index (χ4n) is 2.98. The Morgan fingerprint density at radius 3 is 2.31 bits per heavy atom. The zero-order valence-corrected chi connectivity index (χ0v) is 18.8. The smallest absolute Gasteiger partial charge is 0.297 e. The van der Waals surface area contributed by atoms with Gasteiger partial charge < -0.3 is 4.74 Å². The van der Waals surface area contributed by atoms with Gasteiger partial charge in [-0.05, 0) is 18.1 Å². The molecular weight excluding hydrogens is 432 g/mol. The largest absolute Gasteiger partial charge is 0.481 e. The molecule has 10 heteroatoms. The predicted molar refractivity (Wildman–Crippen MR) is 119 cm³/mol. The standard InChI is InChI=1S/C22H24N4O5S/c1-15-9-11-17(12-10-15)14-32(29,30)22-24-18(20(27)26(3)23)19(21(28)25(22)2)31-13-16-7-5-4-6-8-16/h4-12H,13-14,23H2,1-3H3. The Kier molecular flexibility index (Phi) is 6.75. The van der Waals surface area contributed by atoms with E-state index in [2.05, 4.69) is 4.98 Å². The number of hydrogen-bond donors (Lipinski definition) is 1. The Morgan fingerprint density at radius 1 is 1.09 bits per heavy atom. The average Bonchev–Trinajstić information content (AvgIpc) is 2.76. The number of aromatic nitrogens is 2. The number of nitrogens with zero attached hydrogens (tertiary/aromatic N) is 3. The molecule has 3 aromatic rings. The van der Waals surface area contributed by atoms with E-state index in [1.165, 1.54) is 14.1 Å². The van der Waals surface area contributed by atoms with E-state index in [1.54, 1.807) is 48.5 Å². The fourth-order valence-corrected chi connectivity index (χ4v) is 4.47. The molecule has 0 spiro atoms. The summed E-state index contributed by atoms with van der Waals surface area (Å²) < 4.78 is 32.6. The van der Waals surface area contributed by atoms with Crippen molar-refractivity contribution in [3.05, 3.63) is 87.3 Å². The zero-order chi connectivity index (χ0) is 23.5. The van der Waals surface area contributed by atoms with Gasteiger partial charge in [0, 0.05) is 14.1 Å². The molecule has 2 N–H and O–H groups in total. The summed E-state index contributed by atoms with van der Waals surface area (Å²) in [5, 5.41) is 0.174. The normalized spacial score (nSPS) is 11.2. The number of sulfone groups is 1. The molecular formula is C22H24N4O5S. The summed E-state index contributed by atoms with van der Waals surface area (Å²) in [4.78, 5) is 29.7. The van der Waals surface area contributed by atoms with Crippen molar-refractivity contribution in [1.82, 2.24) is 14.6 Å². The van der Waals surface area contributed by atoms with Crippen LogP contribution in [0.25, 0.3) is 0 Å². The minimum absolute atomic E-state index is 0.0121. The van der Waals surface area contributed by atoms with Crippen LogP contribution in [0.4, 0.5) is 0 Å². The molecule has 0 atom stereocenters. The number of benzene rings is 2. The highest BCUT2D eigenvalue weighted by Crippen LogP contribution is 2.20. The van der Waals surface area contributed by atoms with Crippen molar-refractivity contribution in [1.29, 1.82) is 0 Å². The molecule has 32 heavy (non-hydrogen) atoms. The Bertz CT molecular complexity index is 1280. The third-order valence-electron chi connectivity index (χ3n) is 4.71. The molecule has 2 aromatic carbocycles. The minimum Gasteiger partial charge on any atom is -0.481 e. The Balaban J connectivity index is 2.07. The van der Waals surface area contributed by atoms with E-state index in [0.29, 0.717) is 10.6 Å². The van der Waals surface area contributed by atoms with Crippen LogP contribution in [-0.2, 0) is 29.2 Å². The molecule has 0 saturated heterocycles. The van der Waals surface area contributed by atoms with Gasteiger partial charge in [-0.25, -0.2) is 19.2 Å². The summed E-state index contributed by atoms with van der Waals surface area (Å²) >= 11 is 0. The fraction of sp³-hybridized carbons (Fsp3) is 0.227. The first-order valence-electron chi connectivity index (χ1n) is 9.69. The summed E-state index contributed by atoms with van der Waals surface area (Å²) in [6, 6.07) is 15.9. The maximum absolute atomic E-state index is 13.1. The van der Waals surface area contributed by atoms with Gasteiger partial charge in [-0.1, -0.05) is 60.2 Å². The third kappa shape index (κ3) is 5.04. The highest BCUT2D eigenvalue weighted by atomic mass is 32.2. The molecule has 168 valence electrons. The highest BCUT2D eigenvalue weighted by Gasteiger charge is 2.29. The molecule has 1 amide bonds. The maximum atomic E-state index is 13.1. The quantitative estimate of drug-likeness (QED) is 0.248. The van der Waals surface area contributed by atoms with Crippen LogP contribution in [0, 0.1) is 6.92 Å². The van der Waals surface area contributed by atoms with Crippen LogP contribution in [0.2, 0.25) is 0 Å². The van der Waals surface area contributed by atoms with Crippen LogP contribution >= 0.6 is 0 Å². The number of nitrogens with two attached hydrogens (primary N) is 1. The van der Waals surface area contributed by atoms with Crippen molar-refractivity contribution in [3.63, 3.8) is 0 Å². The van der Waals surface area contributed by atoms with Gasteiger partial charge in [0.1, 0.15) is 6.61 Å². The van der Waals surface area contributed by atoms with Crippen molar-refractivity contribution in [2.45, 2.75) is 24.4 Å². The molecule has 0 unspecified atom stereocenters. The van der Waals surface area contributed by atoms with Crippen LogP contribution in [0.5, 0.6) is 5.75 Å². The molecule has 0 saturated carbocycles. The van der Waals surface area contributed by atoms with Gasteiger partial charge in [-0.3, -0.25) is 19.2 Å². The molecule has 0 aliphatic rings. The monoisotopic (exact) mass is 456 g/mol. The predicted octanol–water partition coefficient (Wildman–Crippen LogP) is 1.59. The molecule has 0 aliphatic heterocycles. The second-order valence-corrected chi connectivity index (χ2v) is 9.25. The summed E-state index contributed by atoms with van der Waals surface area (Å²) in [7, 11) is -1.52. The second kappa shape index (κ2) is 9.33. The van der Waals surface area contributed by atoms with Crippen LogP contribution in [0.3, 0.4) is 0 Å². The SMILES string of the molecule is Cc1ccc(CS(=O)(=O)c2nc(C(=O)N(C)N)c(OCc3ccccc3)c(=O)n2C)cc1. The highest BCUT2D eigenvalue weighted by molar-refractivity contribution is 7.90. The van der Waals surface area contributed by atoms with Gasteiger partial charge in [0.25, 0.3) is 11.5 Å².